The molecule has 0 spiro atoms. The second kappa shape index (κ2) is 12.3. The van der Waals surface area contributed by atoms with E-state index >= 15 is 0 Å². The average Bonchev–Trinajstić information content (AvgIpc) is 2.85. The fraction of sp³-hybridized carbons (Fsp3) is 0.222. The lowest BCUT2D eigenvalue weighted by atomic mass is 10.0. The first-order valence-corrected chi connectivity index (χ1v) is 11.1. The van der Waals surface area contributed by atoms with E-state index in [0.29, 0.717) is 17.9 Å². The summed E-state index contributed by atoms with van der Waals surface area (Å²) in [5, 5.41) is 5.39. The Hall–Kier alpha value is -4.00. The minimum absolute atomic E-state index is 0.140. The number of hydrogen-bond acceptors (Lipinski definition) is 4. The highest BCUT2D eigenvalue weighted by Gasteiger charge is 2.23. The third-order valence-corrected chi connectivity index (χ3v) is 5.14. The average molecular weight is 463 g/mol. The van der Waals surface area contributed by atoms with Gasteiger partial charge in [-0.05, 0) is 48.4 Å². The van der Waals surface area contributed by atoms with Crippen molar-refractivity contribution in [2.24, 2.45) is 0 Å². The number of carbonyl (C=O) groups excluding carboxylic acids is 3. The first-order valence-electron chi connectivity index (χ1n) is 11.1. The summed E-state index contributed by atoms with van der Waals surface area (Å²) in [4.78, 5) is 37.8. The number of anilines is 1. The Labute approximate surface area is 198 Å². The molecule has 1 unspecified atom stereocenters. The Morgan fingerprint density at radius 3 is 2.26 bits per heavy atom. The number of benzene rings is 3. The van der Waals surface area contributed by atoms with E-state index in [2.05, 4.69) is 10.6 Å². The van der Waals surface area contributed by atoms with Gasteiger partial charge in [0, 0.05) is 12.1 Å². The monoisotopic (exact) mass is 462 g/mol. The van der Waals surface area contributed by atoms with Crippen molar-refractivity contribution in [2.45, 2.75) is 32.2 Å². The molecule has 0 saturated carbocycles. The van der Waals surface area contributed by atoms with Crippen molar-refractivity contribution in [1.29, 1.82) is 0 Å². The van der Waals surface area contributed by atoms with Crippen LogP contribution in [0.3, 0.4) is 0 Å². The molecule has 0 saturated heterocycles. The van der Waals surface area contributed by atoms with E-state index in [4.69, 9.17) is 4.74 Å². The van der Waals surface area contributed by atoms with E-state index in [1.807, 2.05) is 37.3 Å². The predicted molar refractivity (Wildman–Crippen MR) is 128 cm³/mol. The van der Waals surface area contributed by atoms with Crippen molar-refractivity contribution < 1.29 is 23.5 Å². The predicted octanol–water partition coefficient (Wildman–Crippen LogP) is 4.76. The van der Waals surface area contributed by atoms with Crippen LogP contribution in [0.1, 0.15) is 46.0 Å². The van der Waals surface area contributed by atoms with E-state index < -0.39 is 29.6 Å². The van der Waals surface area contributed by atoms with Gasteiger partial charge in [0.05, 0.1) is 17.7 Å². The number of nitrogens with one attached hydrogen (secondary N) is 2. The van der Waals surface area contributed by atoms with Crippen LogP contribution >= 0.6 is 0 Å². The van der Waals surface area contributed by atoms with E-state index in [1.165, 1.54) is 18.2 Å². The van der Waals surface area contributed by atoms with Gasteiger partial charge in [0.2, 0.25) is 5.91 Å². The largest absolute Gasteiger partial charge is 0.462 e. The molecule has 0 aliphatic rings. The molecule has 0 bridgehead atoms. The van der Waals surface area contributed by atoms with Crippen LogP contribution in [-0.4, -0.2) is 30.4 Å². The molecule has 3 rings (SSSR count). The normalized spacial score (nSPS) is 11.4. The summed E-state index contributed by atoms with van der Waals surface area (Å²) in [5.74, 6) is -2.24. The lowest BCUT2D eigenvalue weighted by molar-refractivity contribution is -0.118. The third kappa shape index (κ3) is 7.00. The van der Waals surface area contributed by atoms with E-state index in [-0.39, 0.29) is 12.0 Å². The van der Waals surface area contributed by atoms with Crippen molar-refractivity contribution >= 4 is 23.5 Å². The highest BCUT2D eigenvalue weighted by atomic mass is 19.1. The fourth-order valence-electron chi connectivity index (χ4n) is 3.25. The van der Waals surface area contributed by atoms with Crippen LogP contribution < -0.4 is 10.6 Å². The van der Waals surface area contributed by atoms with Gasteiger partial charge in [0.15, 0.2) is 0 Å². The second-order valence-electron chi connectivity index (χ2n) is 7.75. The zero-order valence-corrected chi connectivity index (χ0v) is 18.9. The summed E-state index contributed by atoms with van der Waals surface area (Å²) < 4.78 is 19.3. The molecule has 176 valence electrons. The van der Waals surface area contributed by atoms with Crippen LogP contribution in [0.2, 0.25) is 0 Å². The number of carbonyl (C=O) groups is 3. The maximum atomic E-state index is 14.1. The Bertz CT molecular complexity index is 1120. The number of unbranched alkanes of at least 4 members (excludes halogenated alkanes) is 1. The number of halogens is 1. The van der Waals surface area contributed by atoms with Crippen LogP contribution in [0.4, 0.5) is 10.1 Å². The molecule has 1 atom stereocenters. The number of rotatable bonds is 10. The first-order chi connectivity index (χ1) is 16.5. The minimum Gasteiger partial charge on any atom is -0.462 e. The molecule has 2 N–H and O–H groups in total. The summed E-state index contributed by atoms with van der Waals surface area (Å²) in [6.07, 6.45) is 1.94. The minimum atomic E-state index is -0.951. The Morgan fingerprint density at radius 2 is 1.59 bits per heavy atom. The number of amides is 2. The topological polar surface area (TPSA) is 84.5 Å². The quantitative estimate of drug-likeness (QED) is 0.336. The molecule has 0 fully saturated rings. The molecular weight excluding hydrogens is 435 g/mol. The zero-order valence-electron chi connectivity index (χ0n) is 18.9. The molecule has 0 aliphatic heterocycles. The van der Waals surface area contributed by atoms with Crippen LogP contribution in [0.15, 0.2) is 78.9 Å². The van der Waals surface area contributed by atoms with Crippen molar-refractivity contribution in [1.82, 2.24) is 5.32 Å². The zero-order chi connectivity index (χ0) is 24.3. The van der Waals surface area contributed by atoms with Crippen LogP contribution in [0, 0.1) is 5.82 Å². The number of hydrogen-bond donors (Lipinski definition) is 2. The van der Waals surface area contributed by atoms with E-state index in [1.54, 1.807) is 30.3 Å². The van der Waals surface area contributed by atoms with Crippen molar-refractivity contribution in [2.75, 3.05) is 11.9 Å². The fourth-order valence-corrected chi connectivity index (χ4v) is 3.25. The summed E-state index contributed by atoms with van der Waals surface area (Å²) >= 11 is 0. The molecule has 6 nitrogen and oxygen atoms in total. The van der Waals surface area contributed by atoms with Gasteiger partial charge in [0.1, 0.15) is 11.9 Å². The highest BCUT2D eigenvalue weighted by Crippen LogP contribution is 2.14. The molecular formula is C27H27FN2O4. The molecule has 0 heterocycles. The van der Waals surface area contributed by atoms with Gasteiger partial charge in [-0.3, -0.25) is 9.59 Å². The van der Waals surface area contributed by atoms with Gasteiger partial charge in [-0.15, -0.1) is 0 Å². The summed E-state index contributed by atoms with van der Waals surface area (Å²) in [6.45, 7) is 2.37. The summed E-state index contributed by atoms with van der Waals surface area (Å²) in [5.41, 5.74) is 1.53. The van der Waals surface area contributed by atoms with E-state index in [9.17, 15) is 18.8 Å². The van der Waals surface area contributed by atoms with Gasteiger partial charge in [-0.25, -0.2) is 9.18 Å². The lowest BCUT2D eigenvalue weighted by Crippen LogP contribution is -2.45. The molecule has 0 aliphatic carbocycles. The van der Waals surface area contributed by atoms with Crippen LogP contribution in [-0.2, 0) is 16.0 Å². The Balaban J connectivity index is 1.71. The van der Waals surface area contributed by atoms with Gasteiger partial charge in [0.25, 0.3) is 5.91 Å². The molecule has 0 radical (unpaired) electrons. The molecule has 34 heavy (non-hydrogen) atoms. The Kier molecular flexibility index (Phi) is 8.91. The van der Waals surface area contributed by atoms with Gasteiger partial charge in [-0.2, -0.15) is 0 Å². The van der Waals surface area contributed by atoms with Crippen LogP contribution in [0.25, 0.3) is 0 Å². The smallest absolute Gasteiger partial charge is 0.338 e. The molecule has 2 amide bonds. The lowest BCUT2D eigenvalue weighted by Gasteiger charge is -2.19. The van der Waals surface area contributed by atoms with Gasteiger partial charge in [-0.1, -0.05) is 55.8 Å². The summed E-state index contributed by atoms with van der Waals surface area (Å²) in [6, 6.07) is 20.2. The maximum Gasteiger partial charge on any atom is 0.338 e. The van der Waals surface area contributed by atoms with Gasteiger partial charge >= 0.3 is 5.97 Å². The van der Waals surface area contributed by atoms with E-state index in [0.717, 1.165) is 18.4 Å². The number of esters is 1. The maximum absolute atomic E-state index is 14.1. The molecule has 3 aromatic carbocycles. The standard InChI is InChI=1S/C27H27FN2O4/c1-2-3-17-34-27(33)20-13-15-21(16-14-20)29-26(32)24(18-19-9-5-4-6-10-19)30-25(31)22-11-7-8-12-23(22)28/h4-16,24H,2-3,17-18H2,1H3,(H,29,32)(H,30,31). The third-order valence-electron chi connectivity index (χ3n) is 5.14. The van der Waals surface area contributed by atoms with Crippen LogP contribution in [0.5, 0.6) is 0 Å². The molecule has 7 heteroatoms. The Morgan fingerprint density at radius 1 is 0.912 bits per heavy atom. The number of ether oxygens (including phenoxy) is 1. The van der Waals surface area contributed by atoms with Crippen molar-refractivity contribution in [3.8, 4) is 0 Å². The molecule has 0 aromatic heterocycles. The van der Waals surface area contributed by atoms with Crippen molar-refractivity contribution in [3.63, 3.8) is 0 Å². The molecule has 3 aromatic rings. The van der Waals surface area contributed by atoms with Gasteiger partial charge < -0.3 is 15.4 Å². The summed E-state index contributed by atoms with van der Waals surface area (Å²) in [7, 11) is 0. The van der Waals surface area contributed by atoms with Crippen molar-refractivity contribution in [3.05, 3.63) is 101 Å². The first kappa shape index (κ1) is 24.6. The second-order valence-corrected chi connectivity index (χ2v) is 7.75. The SMILES string of the molecule is CCCCOC(=O)c1ccc(NC(=O)C(Cc2ccccc2)NC(=O)c2ccccc2F)cc1. The highest BCUT2D eigenvalue weighted by molar-refractivity contribution is 6.01.